The van der Waals surface area contributed by atoms with E-state index < -0.39 is 11.7 Å². The van der Waals surface area contributed by atoms with Gasteiger partial charge in [-0.25, -0.2) is 4.98 Å². The first kappa shape index (κ1) is 21.4. The summed E-state index contributed by atoms with van der Waals surface area (Å²) in [5, 5.41) is 2.40. The van der Waals surface area contributed by atoms with E-state index in [-0.39, 0.29) is 12.3 Å². The highest BCUT2D eigenvalue weighted by atomic mass is 32.1. The lowest BCUT2D eigenvalue weighted by molar-refractivity contribution is -0.137. The largest absolute Gasteiger partial charge is 0.497 e. The van der Waals surface area contributed by atoms with Gasteiger partial charge in [-0.2, -0.15) is 13.2 Å². The number of rotatable bonds is 5. The van der Waals surface area contributed by atoms with Crippen LogP contribution in [-0.2, 0) is 17.4 Å². The van der Waals surface area contributed by atoms with E-state index in [1.807, 2.05) is 29.2 Å². The third-order valence-electron chi connectivity index (χ3n) is 5.47. The van der Waals surface area contributed by atoms with Crippen LogP contribution in [0.2, 0.25) is 0 Å². The summed E-state index contributed by atoms with van der Waals surface area (Å²) in [5.74, 6) is 1.12. The Morgan fingerprint density at radius 1 is 1.16 bits per heavy atom. The minimum Gasteiger partial charge on any atom is -0.497 e. The Hall–Kier alpha value is -2.87. The summed E-state index contributed by atoms with van der Waals surface area (Å²) in [6.45, 7) is 1.37. The standard InChI is InChI=1S/C23H21F3N2O2S/c1-30-20-8-4-15(5-9-20)17-10-11-28(13-17)21(29)12-19-14-31-22(27-19)16-2-6-18(7-3-16)23(24,25)26/h2-9,14,17H,10-13H2,1H3. The van der Waals surface area contributed by atoms with Crippen LogP contribution in [0.25, 0.3) is 10.6 Å². The predicted molar refractivity (Wildman–Crippen MR) is 113 cm³/mol. The molecule has 4 nitrogen and oxygen atoms in total. The van der Waals surface area contributed by atoms with E-state index >= 15 is 0 Å². The molecular formula is C23H21F3N2O2S. The number of nitrogens with zero attached hydrogens (tertiary/aromatic N) is 2. The van der Waals surface area contributed by atoms with Gasteiger partial charge in [-0.05, 0) is 36.2 Å². The van der Waals surface area contributed by atoms with E-state index in [0.717, 1.165) is 24.3 Å². The highest BCUT2D eigenvalue weighted by molar-refractivity contribution is 7.13. The van der Waals surface area contributed by atoms with Crippen LogP contribution in [-0.4, -0.2) is 36.0 Å². The molecule has 0 spiro atoms. The third kappa shape index (κ3) is 4.90. The SMILES string of the molecule is COc1ccc(C2CCN(C(=O)Cc3csc(-c4ccc(C(F)(F)F)cc4)n3)C2)cc1. The van der Waals surface area contributed by atoms with E-state index in [1.54, 1.807) is 12.5 Å². The van der Waals surface area contributed by atoms with Crippen molar-refractivity contribution in [1.82, 2.24) is 9.88 Å². The molecular weight excluding hydrogens is 425 g/mol. The Labute approximate surface area is 182 Å². The molecule has 1 atom stereocenters. The fraction of sp³-hybridized carbons (Fsp3) is 0.304. The second-order valence-electron chi connectivity index (χ2n) is 7.49. The maximum atomic E-state index is 12.7. The molecule has 2 heterocycles. The Balaban J connectivity index is 1.37. The number of halogens is 3. The van der Waals surface area contributed by atoms with Crippen LogP contribution in [0, 0.1) is 0 Å². The zero-order valence-corrected chi connectivity index (χ0v) is 17.7. The monoisotopic (exact) mass is 446 g/mol. The number of aromatic nitrogens is 1. The molecule has 1 aliphatic heterocycles. The first-order valence-electron chi connectivity index (χ1n) is 9.87. The minimum atomic E-state index is -4.36. The van der Waals surface area contributed by atoms with Gasteiger partial charge in [0.15, 0.2) is 0 Å². The molecule has 0 aliphatic carbocycles. The van der Waals surface area contributed by atoms with E-state index in [4.69, 9.17) is 4.74 Å². The van der Waals surface area contributed by atoms with Gasteiger partial charge in [-0.3, -0.25) is 4.79 Å². The molecule has 3 aromatic rings. The summed E-state index contributed by atoms with van der Waals surface area (Å²) in [6.07, 6.45) is -3.27. The Kier molecular flexibility index (Phi) is 6.00. The first-order valence-corrected chi connectivity index (χ1v) is 10.7. The molecule has 1 fully saturated rings. The fourth-order valence-electron chi connectivity index (χ4n) is 3.72. The molecule has 0 radical (unpaired) electrons. The molecule has 0 bridgehead atoms. The van der Waals surface area contributed by atoms with Crippen LogP contribution in [0.3, 0.4) is 0 Å². The number of carbonyl (C=O) groups is 1. The molecule has 1 unspecified atom stereocenters. The highest BCUT2D eigenvalue weighted by Crippen LogP contribution is 2.32. The van der Waals surface area contributed by atoms with Crippen LogP contribution in [0.15, 0.2) is 53.9 Å². The van der Waals surface area contributed by atoms with Crippen molar-refractivity contribution in [2.45, 2.75) is 24.9 Å². The molecule has 1 aliphatic rings. The number of hydrogen-bond acceptors (Lipinski definition) is 4. The van der Waals surface area contributed by atoms with Crippen molar-refractivity contribution in [2.24, 2.45) is 0 Å². The van der Waals surface area contributed by atoms with Gasteiger partial charge in [0.2, 0.25) is 5.91 Å². The van der Waals surface area contributed by atoms with Crippen molar-refractivity contribution in [1.29, 1.82) is 0 Å². The molecule has 1 saturated heterocycles. The topological polar surface area (TPSA) is 42.4 Å². The van der Waals surface area contributed by atoms with E-state index in [9.17, 15) is 18.0 Å². The summed E-state index contributed by atoms with van der Waals surface area (Å²) in [5.41, 5.74) is 1.74. The summed E-state index contributed by atoms with van der Waals surface area (Å²) >= 11 is 1.33. The number of likely N-dealkylation sites (tertiary alicyclic amines) is 1. The van der Waals surface area contributed by atoms with E-state index in [1.165, 1.54) is 29.0 Å². The minimum absolute atomic E-state index is 0.0141. The summed E-state index contributed by atoms with van der Waals surface area (Å²) in [7, 11) is 1.63. The average Bonchev–Trinajstić information content (AvgIpc) is 3.43. The lowest BCUT2D eigenvalue weighted by Crippen LogP contribution is -2.30. The van der Waals surface area contributed by atoms with Gasteiger partial charge < -0.3 is 9.64 Å². The van der Waals surface area contributed by atoms with Crippen LogP contribution < -0.4 is 4.74 Å². The number of alkyl halides is 3. The van der Waals surface area contributed by atoms with Crippen LogP contribution in [0.4, 0.5) is 13.2 Å². The van der Waals surface area contributed by atoms with E-state index in [2.05, 4.69) is 4.98 Å². The number of carbonyl (C=O) groups excluding carboxylic acids is 1. The number of ether oxygens (including phenoxy) is 1. The molecule has 8 heteroatoms. The van der Waals surface area contributed by atoms with E-state index in [0.29, 0.717) is 35.3 Å². The second-order valence-corrected chi connectivity index (χ2v) is 8.35. The fourth-order valence-corrected chi connectivity index (χ4v) is 4.55. The smallest absolute Gasteiger partial charge is 0.416 e. The number of thiazole rings is 1. The molecule has 162 valence electrons. The molecule has 2 aromatic carbocycles. The Morgan fingerprint density at radius 2 is 1.87 bits per heavy atom. The van der Waals surface area contributed by atoms with Crippen molar-refractivity contribution in [3.05, 3.63) is 70.7 Å². The lowest BCUT2D eigenvalue weighted by atomic mass is 9.98. The third-order valence-corrected chi connectivity index (χ3v) is 6.41. The summed E-state index contributed by atoms with van der Waals surface area (Å²) in [4.78, 5) is 19.0. The molecule has 31 heavy (non-hydrogen) atoms. The second kappa shape index (κ2) is 8.70. The van der Waals surface area contributed by atoms with Crippen molar-refractivity contribution >= 4 is 17.2 Å². The zero-order chi connectivity index (χ0) is 22.0. The van der Waals surface area contributed by atoms with Crippen molar-refractivity contribution in [2.75, 3.05) is 20.2 Å². The van der Waals surface area contributed by atoms with Gasteiger partial charge in [0.05, 0.1) is 24.8 Å². The maximum absolute atomic E-state index is 12.7. The molecule has 0 N–H and O–H groups in total. The Bertz CT molecular complexity index is 1050. The van der Waals surface area contributed by atoms with Gasteiger partial charge in [0.25, 0.3) is 0 Å². The van der Waals surface area contributed by atoms with Crippen molar-refractivity contribution in [3.8, 4) is 16.3 Å². The number of methoxy groups -OCH3 is 1. The first-order chi connectivity index (χ1) is 14.8. The average molecular weight is 446 g/mol. The molecule has 1 amide bonds. The van der Waals surface area contributed by atoms with Crippen molar-refractivity contribution < 1.29 is 22.7 Å². The highest BCUT2D eigenvalue weighted by Gasteiger charge is 2.30. The van der Waals surface area contributed by atoms with Gasteiger partial charge in [0, 0.05) is 30.0 Å². The number of amides is 1. The maximum Gasteiger partial charge on any atom is 0.416 e. The quantitative estimate of drug-likeness (QED) is 0.527. The molecule has 1 aromatic heterocycles. The lowest BCUT2D eigenvalue weighted by Gasteiger charge is -2.16. The van der Waals surface area contributed by atoms with Crippen LogP contribution in [0.5, 0.6) is 5.75 Å². The Morgan fingerprint density at radius 3 is 2.52 bits per heavy atom. The normalized spacial score (nSPS) is 16.5. The zero-order valence-electron chi connectivity index (χ0n) is 16.9. The number of benzene rings is 2. The van der Waals surface area contributed by atoms with Gasteiger partial charge in [-0.1, -0.05) is 24.3 Å². The predicted octanol–water partition coefficient (Wildman–Crippen LogP) is 5.40. The van der Waals surface area contributed by atoms with Crippen LogP contribution in [0.1, 0.15) is 29.2 Å². The van der Waals surface area contributed by atoms with Gasteiger partial charge in [0.1, 0.15) is 10.8 Å². The van der Waals surface area contributed by atoms with Crippen LogP contribution >= 0.6 is 11.3 Å². The van der Waals surface area contributed by atoms with Crippen molar-refractivity contribution in [3.63, 3.8) is 0 Å². The van der Waals surface area contributed by atoms with Gasteiger partial charge in [-0.15, -0.1) is 11.3 Å². The number of hydrogen-bond donors (Lipinski definition) is 0. The van der Waals surface area contributed by atoms with Gasteiger partial charge >= 0.3 is 6.18 Å². The molecule has 0 saturated carbocycles. The molecule has 4 rings (SSSR count). The summed E-state index contributed by atoms with van der Waals surface area (Å²) < 4.78 is 43.4. The summed E-state index contributed by atoms with van der Waals surface area (Å²) in [6, 6.07) is 12.8.